The Morgan fingerprint density at radius 2 is 2.15 bits per heavy atom. The van der Waals surface area contributed by atoms with Gasteiger partial charge in [0.25, 0.3) is 0 Å². The average molecular weight is 175 g/mol. The number of carbonyl (C=O) groups is 1. The number of aryl methyl sites for hydroxylation is 1. The minimum Gasteiger partial charge on any atom is -0.478 e. The summed E-state index contributed by atoms with van der Waals surface area (Å²) in [6, 6.07) is 7.18. The van der Waals surface area contributed by atoms with Crippen molar-refractivity contribution in [3.05, 3.63) is 36.0 Å². The van der Waals surface area contributed by atoms with Crippen LogP contribution in [0.25, 0.3) is 10.9 Å². The smallest absolute Gasteiger partial charge is 0.337 e. The number of carboxylic acids is 1. The molecule has 0 unspecified atom stereocenters. The summed E-state index contributed by atoms with van der Waals surface area (Å²) in [5.74, 6) is -0.882. The molecule has 2 aromatic rings. The minimum absolute atomic E-state index is 0.352. The molecule has 0 radical (unpaired) electrons. The summed E-state index contributed by atoms with van der Waals surface area (Å²) in [5, 5.41) is 9.87. The molecule has 3 nitrogen and oxygen atoms in total. The van der Waals surface area contributed by atoms with E-state index in [1.807, 2.05) is 29.9 Å². The van der Waals surface area contributed by atoms with E-state index in [0.29, 0.717) is 5.56 Å². The van der Waals surface area contributed by atoms with Gasteiger partial charge in [0.15, 0.2) is 0 Å². The summed E-state index contributed by atoms with van der Waals surface area (Å²) in [6.45, 7) is 0. The van der Waals surface area contributed by atoms with E-state index in [0.717, 1.165) is 10.9 Å². The van der Waals surface area contributed by atoms with Crippen LogP contribution in [0.1, 0.15) is 10.4 Å². The van der Waals surface area contributed by atoms with Crippen LogP contribution in [-0.2, 0) is 7.05 Å². The first kappa shape index (κ1) is 7.86. The van der Waals surface area contributed by atoms with Crippen LogP contribution in [0.15, 0.2) is 30.5 Å². The van der Waals surface area contributed by atoms with E-state index in [1.54, 1.807) is 12.1 Å². The first-order chi connectivity index (χ1) is 6.20. The molecule has 3 heteroatoms. The highest BCUT2D eigenvalue weighted by Gasteiger charge is 2.09. The monoisotopic (exact) mass is 175 g/mol. The van der Waals surface area contributed by atoms with Crippen molar-refractivity contribution in [3.63, 3.8) is 0 Å². The number of nitrogens with zero attached hydrogens (tertiary/aromatic N) is 1. The molecule has 13 heavy (non-hydrogen) atoms. The third-order valence-electron chi connectivity index (χ3n) is 2.13. The SMILES string of the molecule is Cn1ccc2cccc(C(=O)O)c21. The number of hydrogen-bond acceptors (Lipinski definition) is 1. The van der Waals surface area contributed by atoms with Crippen molar-refractivity contribution in [1.82, 2.24) is 4.57 Å². The molecule has 1 heterocycles. The maximum absolute atomic E-state index is 10.9. The number of aromatic carboxylic acids is 1. The zero-order chi connectivity index (χ0) is 9.42. The fraction of sp³-hybridized carbons (Fsp3) is 0.100. The zero-order valence-corrected chi connectivity index (χ0v) is 7.19. The lowest BCUT2D eigenvalue weighted by Crippen LogP contribution is -1.99. The highest BCUT2D eigenvalue weighted by molar-refractivity contribution is 6.02. The van der Waals surface area contributed by atoms with Crippen LogP contribution >= 0.6 is 0 Å². The molecule has 0 aliphatic rings. The maximum Gasteiger partial charge on any atom is 0.337 e. The first-order valence-electron chi connectivity index (χ1n) is 3.97. The van der Waals surface area contributed by atoms with Crippen molar-refractivity contribution >= 4 is 16.9 Å². The van der Waals surface area contributed by atoms with Gasteiger partial charge in [-0.3, -0.25) is 0 Å². The van der Waals surface area contributed by atoms with Crippen LogP contribution in [0.5, 0.6) is 0 Å². The molecular formula is C10H9NO2. The Morgan fingerprint density at radius 3 is 2.85 bits per heavy atom. The second-order valence-electron chi connectivity index (χ2n) is 2.98. The minimum atomic E-state index is -0.882. The fourth-order valence-electron chi connectivity index (χ4n) is 1.53. The summed E-state index contributed by atoms with van der Waals surface area (Å²) in [7, 11) is 1.84. The molecule has 0 amide bonds. The molecule has 1 N–H and O–H groups in total. The van der Waals surface area contributed by atoms with E-state index in [2.05, 4.69) is 0 Å². The summed E-state index contributed by atoms with van der Waals surface area (Å²) >= 11 is 0. The lowest BCUT2D eigenvalue weighted by atomic mass is 10.1. The molecule has 0 saturated carbocycles. The van der Waals surface area contributed by atoms with Gasteiger partial charge in [-0.05, 0) is 12.1 Å². The zero-order valence-electron chi connectivity index (χ0n) is 7.19. The summed E-state index contributed by atoms with van der Waals surface area (Å²) < 4.78 is 1.82. The topological polar surface area (TPSA) is 42.2 Å². The Bertz CT molecular complexity index is 471. The normalized spacial score (nSPS) is 10.5. The fourth-order valence-corrected chi connectivity index (χ4v) is 1.53. The number of carboxylic acid groups (broad SMARTS) is 1. The molecule has 2 rings (SSSR count). The van der Waals surface area contributed by atoms with Crippen molar-refractivity contribution in [1.29, 1.82) is 0 Å². The Hall–Kier alpha value is -1.77. The van der Waals surface area contributed by atoms with Crippen LogP contribution in [0.3, 0.4) is 0 Å². The number of rotatable bonds is 1. The van der Waals surface area contributed by atoms with Crippen molar-refractivity contribution in [3.8, 4) is 0 Å². The predicted octanol–water partition coefficient (Wildman–Crippen LogP) is 1.88. The summed E-state index contributed by atoms with van der Waals surface area (Å²) in [4.78, 5) is 10.9. The van der Waals surface area contributed by atoms with Crippen LogP contribution in [0.2, 0.25) is 0 Å². The van der Waals surface area contributed by atoms with Crippen LogP contribution in [-0.4, -0.2) is 15.6 Å². The van der Waals surface area contributed by atoms with Gasteiger partial charge in [-0.1, -0.05) is 12.1 Å². The predicted molar refractivity (Wildman–Crippen MR) is 49.9 cm³/mol. The van der Waals surface area contributed by atoms with Gasteiger partial charge in [-0.25, -0.2) is 4.79 Å². The Kier molecular flexibility index (Phi) is 1.59. The molecule has 0 aliphatic heterocycles. The molecular weight excluding hydrogens is 166 g/mol. The molecule has 0 atom stereocenters. The quantitative estimate of drug-likeness (QED) is 0.719. The number of para-hydroxylation sites is 1. The second kappa shape index (κ2) is 2.62. The molecule has 0 spiro atoms. The van der Waals surface area contributed by atoms with E-state index in [4.69, 9.17) is 5.11 Å². The Balaban J connectivity index is 2.88. The van der Waals surface area contributed by atoms with Gasteiger partial charge in [0, 0.05) is 18.6 Å². The Labute approximate surface area is 75.2 Å². The highest BCUT2D eigenvalue weighted by atomic mass is 16.4. The van der Waals surface area contributed by atoms with Gasteiger partial charge in [-0.2, -0.15) is 0 Å². The molecule has 0 saturated heterocycles. The summed E-state index contributed by atoms with van der Waals surface area (Å²) in [5.41, 5.74) is 1.13. The molecule has 1 aromatic heterocycles. The van der Waals surface area contributed by atoms with Crippen LogP contribution in [0, 0.1) is 0 Å². The van der Waals surface area contributed by atoms with Crippen molar-refractivity contribution < 1.29 is 9.90 Å². The average Bonchev–Trinajstić information content (AvgIpc) is 2.48. The van der Waals surface area contributed by atoms with Crippen molar-refractivity contribution in [2.75, 3.05) is 0 Å². The first-order valence-corrected chi connectivity index (χ1v) is 3.97. The molecule has 1 aromatic carbocycles. The van der Waals surface area contributed by atoms with Gasteiger partial charge in [0.05, 0.1) is 11.1 Å². The Morgan fingerprint density at radius 1 is 1.38 bits per heavy atom. The van der Waals surface area contributed by atoms with Crippen molar-refractivity contribution in [2.45, 2.75) is 0 Å². The standard InChI is InChI=1S/C10H9NO2/c1-11-6-5-7-3-2-4-8(9(7)11)10(12)13/h2-6H,1H3,(H,12,13). The van der Waals surface area contributed by atoms with E-state index < -0.39 is 5.97 Å². The maximum atomic E-state index is 10.9. The van der Waals surface area contributed by atoms with Gasteiger partial charge >= 0.3 is 5.97 Å². The molecule has 66 valence electrons. The lowest BCUT2D eigenvalue weighted by Gasteiger charge is -2.00. The number of hydrogen-bond donors (Lipinski definition) is 1. The number of fused-ring (bicyclic) bond motifs is 1. The van der Waals surface area contributed by atoms with Gasteiger partial charge in [0.1, 0.15) is 0 Å². The van der Waals surface area contributed by atoms with Gasteiger partial charge in [-0.15, -0.1) is 0 Å². The van der Waals surface area contributed by atoms with E-state index >= 15 is 0 Å². The molecule has 0 aliphatic carbocycles. The summed E-state index contributed by atoms with van der Waals surface area (Å²) in [6.07, 6.45) is 1.86. The third kappa shape index (κ3) is 1.09. The van der Waals surface area contributed by atoms with Crippen molar-refractivity contribution in [2.24, 2.45) is 7.05 Å². The third-order valence-corrected chi connectivity index (χ3v) is 2.13. The largest absolute Gasteiger partial charge is 0.478 e. The number of aromatic nitrogens is 1. The molecule has 0 fully saturated rings. The van der Waals surface area contributed by atoms with Crippen LogP contribution in [0.4, 0.5) is 0 Å². The van der Waals surface area contributed by atoms with E-state index in [9.17, 15) is 4.79 Å². The van der Waals surface area contributed by atoms with Crippen LogP contribution < -0.4 is 0 Å². The van der Waals surface area contributed by atoms with Gasteiger partial charge < -0.3 is 9.67 Å². The van der Waals surface area contributed by atoms with Gasteiger partial charge in [0.2, 0.25) is 0 Å². The van der Waals surface area contributed by atoms with E-state index in [1.165, 1.54) is 0 Å². The molecule has 0 bridgehead atoms. The highest BCUT2D eigenvalue weighted by Crippen LogP contribution is 2.18. The second-order valence-corrected chi connectivity index (χ2v) is 2.98. The lowest BCUT2D eigenvalue weighted by molar-refractivity contribution is 0.0698. The number of benzene rings is 1. The van der Waals surface area contributed by atoms with E-state index in [-0.39, 0.29) is 0 Å².